The largest absolute Gasteiger partial charge is 0.473 e. The molecular weight excluding hydrogens is 504 g/mol. The fourth-order valence-corrected chi connectivity index (χ4v) is 6.09. The van der Waals surface area contributed by atoms with Crippen LogP contribution in [0.4, 0.5) is 23.4 Å². The van der Waals surface area contributed by atoms with Crippen molar-refractivity contribution < 1.29 is 27.0 Å². The first-order valence-electron chi connectivity index (χ1n) is 12.7. The highest BCUT2D eigenvalue weighted by atomic mass is 19.4. The van der Waals surface area contributed by atoms with Crippen LogP contribution in [0.1, 0.15) is 49.8 Å². The van der Waals surface area contributed by atoms with E-state index in [9.17, 15) is 22.4 Å². The third-order valence-corrected chi connectivity index (χ3v) is 7.94. The van der Waals surface area contributed by atoms with Gasteiger partial charge in [0.2, 0.25) is 5.88 Å². The lowest BCUT2D eigenvalue weighted by Gasteiger charge is -2.42. The second-order valence-electron chi connectivity index (χ2n) is 10.4. The first kappa shape index (κ1) is 24.7. The van der Waals surface area contributed by atoms with E-state index in [1.807, 2.05) is 0 Å². The lowest BCUT2D eigenvalue weighted by Crippen LogP contribution is -2.44. The van der Waals surface area contributed by atoms with E-state index in [1.165, 1.54) is 49.9 Å². The molecule has 1 saturated heterocycles. The van der Waals surface area contributed by atoms with Crippen molar-refractivity contribution in [1.82, 2.24) is 14.5 Å². The molecule has 11 heteroatoms. The molecule has 1 aliphatic carbocycles. The standard InChI is InChI=1S/C27H26F4N4O3/c28-20-11-17(3-4-21(20)38-19-5-9-32-22(12-19)27(29,30)31)16-37-23-13-24-34-10-8-26(6-1-2-7-26)14-18(34)15-35(24)25(36)33-23/h3-5,9,11-13,18H,1-2,6-8,10,14-16H2. The summed E-state index contributed by atoms with van der Waals surface area (Å²) < 4.78 is 66.0. The molecule has 200 valence electrons. The minimum absolute atomic E-state index is 0.0485. The topological polar surface area (TPSA) is 69.5 Å². The predicted octanol–water partition coefficient (Wildman–Crippen LogP) is 5.71. The van der Waals surface area contributed by atoms with E-state index >= 15 is 0 Å². The van der Waals surface area contributed by atoms with Crippen molar-refractivity contribution in [3.8, 4) is 17.4 Å². The van der Waals surface area contributed by atoms with Gasteiger partial charge in [0.15, 0.2) is 11.6 Å². The normalized spacial score (nSPS) is 19.9. The minimum atomic E-state index is -4.64. The summed E-state index contributed by atoms with van der Waals surface area (Å²) in [5, 5.41) is 0. The van der Waals surface area contributed by atoms with Gasteiger partial charge >= 0.3 is 11.9 Å². The highest BCUT2D eigenvalue weighted by Crippen LogP contribution is 2.50. The maximum Gasteiger partial charge on any atom is 0.433 e. The van der Waals surface area contributed by atoms with Gasteiger partial charge in [0.25, 0.3) is 0 Å². The monoisotopic (exact) mass is 530 g/mol. The molecule has 1 aromatic carbocycles. The van der Waals surface area contributed by atoms with E-state index in [4.69, 9.17) is 9.47 Å². The van der Waals surface area contributed by atoms with Crippen LogP contribution in [-0.2, 0) is 19.3 Å². The fraction of sp³-hybridized carbons (Fsp3) is 0.444. The zero-order valence-electron chi connectivity index (χ0n) is 20.5. The van der Waals surface area contributed by atoms with Crippen LogP contribution in [0.2, 0.25) is 0 Å². The van der Waals surface area contributed by atoms with Crippen molar-refractivity contribution >= 4 is 5.82 Å². The number of alkyl halides is 3. The minimum Gasteiger partial charge on any atom is -0.473 e. The molecule has 2 fully saturated rings. The Morgan fingerprint density at radius 3 is 2.66 bits per heavy atom. The Kier molecular flexibility index (Phi) is 6.03. The number of anilines is 1. The molecule has 1 atom stereocenters. The molecule has 3 aliphatic rings. The van der Waals surface area contributed by atoms with Crippen molar-refractivity contribution in [3.63, 3.8) is 0 Å². The first-order valence-corrected chi connectivity index (χ1v) is 12.7. The molecule has 0 bridgehead atoms. The highest BCUT2D eigenvalue weighted by molar-refractivity contribution is 5.48. The number of halogens is 4. The van der Waals surface area contributed by atoms with E-state index in [2.05, 4.69) is 14.9 Å². The summed E-state index contributed by atoms with van der Waals surface area (Å²) in [5.41, 5.74) is -0.635. The number of fused-ring (bicyclic) bond motifs is 3. The van der Waals surface area contributed by atoms with Gasteiger partial charge < -0.3 is 14.4 Å². The van der Waals surface area contributed by atoms with Crippen LogP contribution in [0.25, 0.3) is 0 Å². The number of pyridine rings is 1. The van der Waals surface area contributed by atoms with Crippen LogP contribution in [0, 0.1) is 11.2 Å². The highest BCUT2D eigenvalue weighted by Gasteiger charge is 2.45. The number of rotatable bonds is 5. The number of hydrogen-bond donors (Lipinski definition) is 0. The molecule has 1 unspecified atom stereocenters. The average Bonchev–Trinajstić information content (AvgIpc) is 3.48. The number of hydrogen-bond acceptors (Lipinski definition) is 6. The number of ether oxygens (including phenoxy) is 2. The lowest BCUT2D eigenvalue weighted by molar-refractivity contribution is -0.141. The number of benzene rings is 1. The van der Waals surface area contributed by atoms with Crippen LogP contribution < -0.4 is 20.1 Å². The van der Waals surface area contributed by atoms with Crippen molar-refractivity contribution in [2.24, 2.45) is 5.41 Å². The molecular formula is C27H26F4N4O3. The van der Waals surface area contributed by atoms with Crippen molar-refractivity contribution in [1.29, 1.82) is 0 Å². The maximum absolute atomic E-state index is 14.7. The van der Waals surface area contributed by atoms with Gasteiger partial charge in [0, 0.05) is 37.5 Å². The molecule has 7 nitrogen and oxygen atoms in total. The molecule has 38 heavy (non-hydrogen) atoms. The van der Waals surface area contributed by atoms with Crippen LogP contribution in [0.5, 0.6) is 17.4 Å². The summed E-state index contributed by atoms with van der Waals surface area (Å²) in [4.78, 5) is 22.4. The summed E-state index contributed by atoms with van der Waals surface area (Å²) in [6, 6.07) is 7.99. The quantitative estimate of drug-likeness (QED) is 0.394. The second-order valence-corrected chi connectivity index (χ2v) is 10.4. The summed E-state index contributed by atoms with van der Waals surface area (Å²) in [7, 11) is 0. The van der Waals surface area contributed by atoms with Gasteiger partial charge in [-0.15, -0.1) is 0 Å². The third-order valence-electron chi connectivity index (χ3n) is 7.94. The van der Waals surface area contributed by atoms with E-state index < -0.39 is 17.7 Å². The molecule has 1 spiro atoms. The van der Waals surface area contributed by atoms with Gasteiger partial charge in [-0.3, -0.25) is 9.55 Å². The van der Waals surface area contributed by atoms with E-state index in [0.717, 1.165) is 31.4 Å². The molecule has 3 aromatic rings. The number of nitrogens with zero attached hydrogens (tertiary/aromatic N) is 4. The van der Waals surface area contributed by atoms with Gasteiger partial charge in [-0.1, -0.05) is 18.9 Å². The van der Waals surface area contributed by atoms with Crippen LogP contribution >= 0.6 is 0 Å². The van der Waals surface area contributed by atoms with Crippen molar-refractivity contribution in [2.45, 2.75) is 63.9 Å². The molecule has 0 radical (unpaired) electrons. The first-order chi connectivity index (χ1) is 18.2. The smallest absolute Gasteiger partial charge is 0.433 e. The van der Waals surface area contributed by atoms with Crippen LogP contribution in [0.3, 0.4) is 0 Å². The summed E-state index contributed by atoms with van der Waals surface area (Å²) in [5.74, 6) is -0.217. The van der Waals surface area contributed by atoms with E-state index in [-0.39, 0.29) is 29.7 Å². The van der Waals surface area contributed by atoms with Gasteiger partial charge in [0.05, 0.1) is 0 Å². The number of piperidine rings is 1. The summed E-state index contributed by atoms with van der Waals surface area (Å²) >= 11 is 0. The Morgan fingerprint density at radius 2 is 1.89 bits per heavy atom. The van der Waals surface area contributed by atoms with Gasteiger partial charge in [-0.25, -0.2) is 9.18 Å². The summed E-state index contributed by atoms with van der Waals surface area (Å²) in [6.07, 6.45) is 3.64. The Bertz CT molecular complexity index is 1420. The molecule has 4 heterocycles. The van der Waals surface area contributed by atoms with Crippen molar-refractivity contribution in [2.75, 3.05) is 11.4 Å². The van der Waals surface area contributed by atoms with E-state index in [0.29, 0.717) is 29.6 Å². The molecule has 2 aliphatic heterocycles. The van der Waals surface area contributed by atoms with Gasteiger partial charge in [-0.05, 0) is 54.9 Å². The molecule has 2 aromatic heterocycles. The zero-order valence-corrected chi connectivity index (χ0v) is 20.5. The Balaban J connectivity index is 1.13. The average molecular weight is 531 g/mol. The van der Waals surface area contributed by atoms with Gasteiger partial charge in [-0.2, -0.15) is 18.2 Å². The lowest BCUT2D eigenvalue weighted by atomic mass is 9.74. The fourth-order valence-electron chi connectivity index (χ4n) is 6.09. The predicted molar refractivity (Wildman–Crippen MR) is 130 cm³/mol. The Morgan fingerprint density at radius 1 is 1.08 bits per heavy atom. The second kappa shape index (κ2) is 9.28. The van der Waals surface area contributed by atoms with Gasteiger partial charge in [0.1, 0.15) is 23.9 Å². The zero-order chi connectivity index (χ0) is 26.5. The molecule has 1 saturated carbocycles. The Labute approximate surface area is 216 Å². The van der Waals surface area contributed by atoms with Crippen molar-refractivity contribution in [3.05, 3.63) is 70.2 Å². The van der Waals surface area contributed by atoms with Crippen LogP contribution in [-0.4, -0.2) is 27.1 Å². The SMILES string of the molecule is O=c1nc(OCc2ccc(Oc3ccnc(C(F)(F)F)c3)c(F)c2)cc2n1CC1CC3(CCCC3)CCN21. The van der Waals surface area contributed by atoms with E-state index in [1.54, 1.807) is 10.6 Å². The molecule has 0 N–H and O–H groups in total. The van der Waals surface area contributed by atoms with Crippen LogP contribution in [0.15, 0.2) is 47.4 Å². The third kappa shape index (κ3) is 4.69. The summed E-state index contributed by atoms with van der Waals surface area (Å²) in [6.45, 7) is 1.49. The molecule has 6 rings (SSSR count). The maximum atomic E-state index is 14.7. The Hall–Kier alpha value is -3.63. The molecule has 0 amide bonds. The number of aromatic nitrogens is 3.